The number of nitrogens with one attached hydrogen (secondary N) is 1. The Morgan fingerprint density at radius 1 is 1.48 bits per heavy atom. The number of benzene rings is 1. The van der Waals surface area contributed by atoms with Crippen LogP contribution in [0.1, 0.15) is 35.9 Å². The molecule has 0 bridgehead atoms. The number of aryl methyl sites for hydroxylation is 1. The molecule has 2 N–H and O–H groups in total. The smallest absolute Gasteiger partial charge is 0.287 e. The molecular formula is C16H21NO4. The highest BCUT2D eigenvalue weighted by atomic mass is 16.5. The second-order valence-corrected chi connectivity index (χ2v) is 5.02. The molecule has 5 nitrogen and oxygen atoms in total. The number of amides is 1. The van der Waals surface area contributed by atoms with Crippen LogP contribution < -0.4 is 10.1 Å². The SMILES string of the molecule is CCC(O)CCNC(=O)c1oc2ccc(OC)cc2c1C. The van der Waals surface area contributed by atoms with Crippen LogP contribution in [0.2, 0.25) is 0 Å². The number of fused-ring (bicyclic) bond motifs is 1. The van der Waals surface area contributed by atoms with Crippen molar-refractivity contribution in [1.82, 2.24) is 5.32 Å². The molecule has 21 heavy (non-hydrogen) atoms. The minimum absolute atomic E-state index is 0.258. The second kappa shape index (κ2) is 6.63. The van der Waals surface area contributed by atoms with Crippen LogP contribution in [-0.4, -0.2) is 30.8 Å². The summed E-state index contributed by atoms with van der Waals surface area (Å²) in [5.74, 6) is 0.777. The van der Waals surface area contributed by atoms with E-state index in [1.54, 1.807) is 19.2 Å². The Kier molecular flexibility index (Phi) is 4.85. The van der Waals surface area contributed by atoms with Crippen molar-refractivity contribution in [1.29, 1.82) is 0 Å². The molecule has 5 heteroatoms. The number of methoxy groups -OCH3 is 1. The summed E-state index contributed by atoms with van der Waals surface area (Å²) in [7, 11) is 1.60. The van der Waals surface area contributed by atoms with Crippen LogP contribution in [-0.2, 0) is 0 Å². The van der Waals surface area contributed by atoms with Crippen molar-refractivity contribution in [2.75, 3.05) is 13.7 Å². The monoisotopic (exact) mass is 291 g/mol. The van der Waals surface area contributed by atoms with Gasteiger partial charge in [-0.2, -0.15) is 0 Å². The molecule has 114 valence electrons. The number of aliphatic hydroxyl groups excluding tert-OH is 1. The molecule has 0 aliphatic heterocycles. The summed E-state index contributed by atoms with van der Waals surface area (Å²) in [6, 6.07) is 5.44. The maximum absolute atomic E-state index is 12.1. The van der Waals surface area contributed by atoms with Gasteiger partial charge in [-0.1, -0.05) is 6.92 Å². The van der Waals surface area contributed by atoms with Gasteiger partial charge >= 0.3 is 0 Å². The van der Waals surface area contributed by atoms with Crippen LogP contribution in [0, 0.1) is 6.92 Å². The van der Waals surface area contributed by atoms with Gasteiger partial charge in [0.15, 0.2) is 5.76 Å². The zero-order valence-electron chi connectivity index (χ0n) is 12.6. The van der Waals surface area contributed by atoms with Gasteiger partial charge in [0.05, 0.1) is 13.2 Å². The van der Waals surface area contributed by atoms with Crippen molar-refractivity contribution in [2.45, 2.75) is 32.8 Å². The van der Waals surface area contributed by atoms with Gasteiger partial charge in [0.1, 0.15) is 11.3 Å². The molecule has 0 fully saturated rings. The van der Waals surface area contributed by atoms with Gasteiger partial charge in [0.25, 0.3) is 5.91 Å². The highest BCUT2D eigenvalue weighted by molar-refractivity contribution is 5.99. The number of ether oxygens (including phenoxy) is 1. The topological polar surface area (TPSA) is 71.7 Å². The first-order valence-corrected chi connectivity index (χ1v) is 7.10. The molecule has 1 amide bonds. The molecule has 2 rings (SSSR count). The molecule has 0 saturated carbocycles. The van der Waals surface area contributed by atoms with E-state index in [4.69, 9.17) is 9.15 Å². The Morgan fingerprint density at radius 2 is 2.24 bits per heavy atom. The van der Waals surface area contributed by atoms with E-state index in [2.05, 4.69) is 5.32 Å². The quantitative estimate of drug-likeness (QED) is 0.858. The van der Waals surface area contributed by atoms with Crippen molar-refractivity contribution in [3.63, 3.8) is 0 Å². The van der Waals surface area contributed by atoms with Crippen LogP contribution in [0.4, 0.5) is 0 Å². The van der Waals surface area contributed by atoms with E-state index in [1.165, 1.54) is 0 Å². The largest absolute Gasteiger partial charge is 0.497 e. The predicted molar refractivity (Wildman–Crippen MR) is 80.8 cm³/mol. The van der Waals surface area contributed by atoms with Gasteiger partial charge in [-0.15, -0.1) is 0 Å². The number of aliphatic hydroxyl groups is 1. The third-order valence-corrected chi connectivity index (χ3v) is 3.58. The summed E-state index contributed by atoms with van der Waals surface area (Å²) in [5.41, 5.74) is 1.45. The zero-order chi connectivity index (χ0) is 15.4. The number of hydrogen-bond acceptors (Lipinski definition) is 4. The maximum atomic E-state index is 12.1. The molecule has 0 saturated heterocycles. The van der Waals surface area contributed by atoms with E-state index < -0.39 is 0 Å². The molecule has 2 aromatic rings. The Labute approximate surface area is 123 Å². The number of hydrogen-bond donors (Lipinski definition) is 2. The molecular weight excluding hydrogens is 270 g/mol. The fourth-order valence-corrected chi connectivity index (χ4v) is 2.18. The molecule has 1 atom stereocenters. The van der Waals surface area contributed by atoms with Crippen LogP contribution in [0.25, 0.3) is 11.0 Å². The van der Waals surface area contributed by atoms with Gasteiger partial charge in [-0.25, -0.2) is 0 Å². The summed E-state index contributed by atoms with van der Waals surface area (Å²) in [5, 5.41) is 13.1. The Morgan fingerprint density at radius 3 is 2.90 bits per heavy atom. The third kappa shape index (κ3) is 3.36. The lowest BCUT2D eigenvalue weighted by atomic mass is 10.1. The van der Waals surface area contributed by atoms with E-state index in [1.807, 2.05) is 19.9 Å². The third-order valence-electron chi connectivity index (χ3n) is 3.58. The van der Waals surface area contributed by atoms with E-state index >= 15 is 0 Å². The van der Waals surface area contributed by atoms with Crippen molar-refractivity contribution in [3.05, 3.63) is 29.5 Å². The highest BCUT2D eigenvalue weighted by Crippen LogP contribution is 2.28. The summed E-state index contributed by atoms with van der Waals surface area (Å²) in [6.45, 7) is 4.18. The average molecular weight is 291 g/mol. The Hall–Kier alpha value is -2.01. The number of carbonyl (C=O) groups excluding carboxylic acids is 1. The first kappa shape index (κ1) is 15.4. The molecule has 1 unspecified atom stereocenters. The zero-order valence-corrected chi connectivity index (χ0v) is 12.6. The van der Waals surface area contributed by atoms with Gasteiger partial charge in [0.2, 0.25) is 0 Å². The molecule has 0 radical (unpaired) electrons. The van der Waals surface area contributed by atoms with Crippen molar-refractivity contribution in [3.8, 4) is 5.75 Å². The van der Waals surface area contributed by atoms with Crippen LogP contribution in [0.15, 0.2) is 22.6 Å². The molecule has 1 aromatic heterocycles. The molecule has 0 aliphatic carbocycles. The minimum atomic E-state index is -0.383. The van der Waals surface area contributed by atoms with Crippen LogP contribution >= 0.6 is 0 Å². The molecule has 1 heterocycles. The normalized spacial score (nSPS) is 12.4. The standard InChI is InChI=1S/C16H21NO4/c1-4-11(18)7-8-17-16(19)15-10(2)13-9-12(20-3)5-6-14(13)21-15/h5-6,9,11,18H,4,7-8H2,1-3H3,(H,17,19). The molecule has 0 spiro atoms. The first-order chi connectivity index (χ1) is 10.1. The van der Waals surface area contributed by atoms with E-state index in [9.17, 15) is 9.90 Å². The first-order valence-electron chi connectivity index (χ1n) is 7.10. The summed E-state index contributed by atoms with van der Waals surface area (Å²) >= 11 is 0. The minimum Gasteiger partial charge on any atom is -0.497 e. The lowest BCUT2D eigenvalue weighted by Gasteiger charge is -2.08. The highest BCUT2D eigenvalue weighted by Gasteiger charge is 2.17. The van der Waals surface area contributed by atoms with Crippen molar-refractivity contribution in [2.24, 2.45) is 0 Å². The predicted octanol–water partition coefficient (Wildman–Crippen LogP) is 2.64. The molecule has 1 aromatic carbocycles. The van der Waals surface area contributed by atoms with Crippen LogP contribution in [0.3, 0.4) is 0 Å². The Balaban J connectivity index is 2.14. The van der Waals surface area contributed by atoms with Gasteiger partial charge in [0, 0.05) is 17.5 Å². The Bertz CT molecular complexity index is 632. The second-order valence-electron chi connectivity index (χ2n) is 5.02. The summed E-state index contributed by atoms with van der Waals surface area (Å²) in [6.07, 6.45) is 0.834. The summed E-state index contributed by atoms with van der Waals surface area (Å²) < 4.78 is 10.8. The van der Waals surface area contributed by atoms with Gasteiger partial charge < -0.3 is 19.6 Å². The van der Waals surface area contributed by atoms with Crippen molar-refractivity contribution < 1.29 is 19.1 Å². The van der Waals surface area contributed by atoms with E-state index in [0.717, 1.165) is 16.7 Å². The number of carbonyl (C=O) groups is 1. The van der Waals surface area contributed by atoms with Gasteiger partial charge in [-0.05, 0) is 38.0 Å². The lowest BCUT2D eigenvalue weighted by molar-refractivity contribution is 0.0915. The van der Waals surface area contributed by atoms with E-state index in [0.29, 0.717) is 30.7 Å². The maximum Gasteiger partial charge on any atom is 0.287 e. The van der Waals surface area contributed by atoms with Crippen molar-refractivity contribution >= 4 is 16.9 Å². The van der Waals surface area contributed by atoms with Crippen LogP contribution in [0.5, 0.6) is 5.75 Å². The van der Waals surface area contributed by atoms with Gasteiger partial charge in [-0.3, -0.25) is 4.79 Å². The number of furan rings is 1. The number of rotatable bonds is 6. The lowest BCUT2D eigenvalue weighted by Crippen LogP contribution is -2.27. The fourth-order valence-electron chi connectivity index (χ4n) is 2.18. The fraction of sp³-hybridized carbons (Fsp3) is 0.438. The average Bonchev–Trinajstić information content (AvgIpc) is 2.83. The molecule has 0 aliphatic rings. The van der Waals surface area contributed by atoms with E-state index in [-0.39, 0.29) is 12.0 Å². The summed E-state index contributed by atoms with van der Waals surface area (Å²) in [4.78, 5) is 12.1.